The van der Waals surface area contributed by atoms with Gasteiger partial charge < -0.3 is 20.1 Å². The second kappa shape index (κ2) is 11.0. The highest BCUT2D eigenvalue weighted by Gasteiger charge is 2.49. The number of carboxylic acid groups (broad SMARTS) is 1. The maximum atomic E-state index is 13.0. The van der Waals surface area contributed by atoms with Crippen LogP contribution in [0.1, 0.15) is 88.8 Å². The van der Waals surface area contributed by atoms with Crippen LogP contribution in [-0.4, -0.2) is 64.7 Å². The van der Waals surface area contributed by atoms with Crippen molar-refractivity contribution in [3.63, 3.8) is 0 Å². The van der Waals surface area contributed by atoms with E-state index in [0.717, 1.165) is 70.5 Å². The number of nitrogens with zero attached hydrogens (tertiary/aromatic N) is 2. The Balaban J connectivity index is 1.36. The second-order valence-electron chi connectivity index (χ2n) is 11.4. The summed E-state index contributed by atoms with van der Waals surface area (Å²) < 4.78 is 5.89. The highest BCUT2D eigenvalue weighted by atomic mass is 16.5. The predicted molar refractivity (Wildman–Crippen MR) is 141 cm³/mol. The molecule has 36 heavy (non-hydrogen) atoms. The Labute approximate surface area is 216 Å². The van der Waals surface area contributed by atoms with E-state index < -0.39 is 11.4 Å². The number of benzene rings is 1. The second-order valence-corrected chi connectivity index (χ2v) is 11.4. The van der Waals surface area contributed by atoms with Gasteiger partial charge in [0.2, 0.25) is 0 Å². The number of hydrogen-bond donors (Lipinski definition) is 2. The third kappa shape index (κ3) is 5.36. The molecule has 2 saturated heterocycles. The minimum absolute atomic E-state index is 0.0397. The Morgan fingerprint density at radius 1 is 1.11 bits per heavy atom. The van der Waals surface area contributed by atoms with E-state index in [4.69, 9.17) is 4.74 Å². The quantitative estimate of drug-likeness (QED) is 0.492. The van der Waals surface area contributed by atoms with Gasteiger partial charge in [-0.1, -0.05) is 26.3 Å². The highest BCUT2D eigenvalue weighted by molar-refractivity contribution is 5.78. The molecule has 4 rings (SSSR count). The van der Waals surface area contributed by atoms with Crippen LogP contribution < -0.4 is 10.1 Å². The number of urea groups is 1. The first-order chi connectivity index (χ1) is 17.2. The molecule has 7 nitrogen and oxygen atoms in total. The molecule has 1 spiro atoms. The average molecular weight is 500 g/mol. The number of carbonyl (C=O) groups excluding carboxylic acids is 1. The number of hydrogen-bond acceptors (Lipinski definition) is 4. The van der Waals surface area contributed by atoms with Gasteiger partial charge in [-0.05, 0) is 88.0 Å². The molecule has 200 valence electrons. The minimum Gasteiger partial charge on any atom is -0.494 e. The Kier molecular flexibility index (Phi) is 8.18. The maximum absolute atomic E-state index is 13.0. The van der Waals surface area contributed by atoms with E-state index in [0.29, 0.717) is 25.9 Å². The zero-order chi connectivity index (χ0) is 25.9. The summed E-state index contributed by atoms with van der Waals surface area (Å²) in [5.74, 6) is 0.309. The van der Waals surface area contributed by atoms with Gasteiger partial charge in [0.25, 0.3) is 0 Å². The number of aliphatic carboxylic acids is 1. The lowest BCUT2D eigenvalue weighted by Gasteiger charge is -2.41. The molecule has 7 heteroatoms. The monoisotopic (exact) mass is 499 g/mol. The van der Waals surface area contributed by atoms with Crippen LogP contribution in [0, 0.1) is 12.3 Å². The number of carbonyl (C=O) groups is 2. The summed E-state index contributed by atoms with van der Waals surface area (Å²) in [7, 11) is 0. The van der Waals surface area contributed by atoms with Gasteiger partial charge in [0.05, 0.1) is 17.6 Å². The van der Waals surface area contributed by atoms with Gasteiger partial charge >= 0.3 is 12.0 Å². The highest BCUT2D eigenvalue weighted by Crippen LogP contribution is 2.42. The molecule has 1 aromatic carbocycles. The SMILES string of the molecule is CCCc1cc(C)c(OCC)cc1CN1CCC2(CC1)CN(C1CCC(CC)(C(=O)O)CC1)C(=O)N2. The van der Waals surface area contributed by atoms with Crippen LogP contribution in [0.2, 0.25) is 0 Å². The zero-order valence-corrected chi connectivity index (χ0v) is 22.7. The van der Waals surface area contributed by atoms with Crippen LogP contribution in [0.3, 0.4) is 0 Å². The normalized spacial score (nSPS) is 26.3. The molecule has 1 saturated carbocycles. The Morgan fingerprint density at radius 3 is 2.39 bits per heavy atom. The molecule has 0 bridgehead atoms. The number of carboxylic acids is 1. The van der Waals surface area contributed by atoms with Gasteiger partial charge in [0.1, 0.15) is 5.75 Å². The van der Waals surface area contributed by atoms with Crippen LogP contribution >= 0.6 is 0 Å². The third-order valence-electron chi connectivity index (χ3n) is 9.11. The molecule has 0 radical (unpaired) electrons. The molecular formula is C29H45N3O4. The topological polar surface area (TPSA) is 82.1 Å². The van der Waals surface area contributed by atoms with Crippen LogP contribution in [0.5, 0.6) is 5.75 Å². The summed E-state index contributed by atoms with van der Waals surface area (Å²) in [5.41, 5.74) is 3.22. The third-order valence-corrected chi connectivity index (χ3v) is 9.11. The van der Waals surface area contributed by atoms with Crippen molar-refractivity contribution in [3.8, 4) is 5.75 Å². The molecule has 0 atom stereocenters. The Hall–Kier alpha value is -2.28. The molecule has 1 aromatic rings. The molecular weight excluding hydrogens is 454 g/mol. The number of piperidine rings is 1. The summed E-state index contributed by atoms with van der Waals surface area (Å²) in [5, 5.41) is 13.1. The van der Waals surface area contributed by atoms with E-state index in [9.17, 15) is 14.7 Å². The van der Waals surface area contributed by atoms with Gasteiger partial charge in [-0.25, -0.2) is 4.79 Å². The fourth-order valence-corrected chi connectivity index (χ4v) is 6.63. The average Bonchev–Trinajstić information content (AvgIpc) is 3.19. The van der Waals surface area contributed by atoms with Crippen LogP contribution in [-0.2, 0) is 17.8 Å². The van der Waals surface area contributed by atoms with E-state index in [1.54, 1.807) is 0 Å². The van der Waals surface area contributed by atoms with Crippen molar-refractivity contribution in [1.82, 2.24) is 15.1 Å². The van der Waals surface area contributed by atoms with Crippen LogP contribution in [0.4, 0.5) is 4.79 Å². The van der Waals surface area contributed by atoms with Crippen molar-refractivity contribution in [2.45, 2.75) is 104 Å². The van der Waals surface area contributed by atoms with Gasteiger partial charge in [-0.2, -0.15) is 0 Å². The van der Waals surface area contributed by atoms with Crippen molar-refractivity contribution in [2.75, 3.05) is 26.2 Å². The summed E-state index contributed by atoms with van der Waals surface area (Å²) in [6.07, 6.45) is 7.65. The van der Waals surface area contributed by atoms with Gasteiger partial charge in [0, 0.05) is 32.2 Å². The first-order valence-corrected chi connectivity index (χ1v) is 14.0. The number of rotatable bonds is 9. The summed E-state index contributed by atoms with van der Waals surface area (Å²) in [6, 6.07) is 4.73. The van der Waals surface area contributed by atoms with Gasteiger partial charge in [-0.15, -0.1) is 0 Å². The lowest BCUT2D eigenvalue weighted by atomic mass is 9.70. The molecule has 2 N–H and O–H groups in total. The molecule has 3 aliphatic rings. The minimum atomic E-state index is -0.679. The number of nitrogens with one attached hydrogen (secondary N) is 1. The molecule has 1 aliphatic carbocycles. The maximum Gasteiger partial charge on any atom is 0.318 e. The van der Waals surface area contributed by atoms with Crippen molar-refractivity contribution >= 4 is 12.0 Å². The standard InChI is InChI=1S/C29H45N3O4/c1-5-8-22-17-21(4)25(36-7-3)18-23(22)19-31-15-13-29(14-16-31)20-32(27(35)30-29)24-9-11-28(6-2,12-10-24)26(33)34/h17-18,24H,5-16,19-20H2,1-4H3,(H,30,35)(H,33,34). The molecule has 2 aliphatic heterocycles. The number of amides is 2. The van der Waals surface area contributed by atoms with E-state index in [2.05, 4.69) is 36.2 Å². The van der Waals surface area contributed by atoms with Crippen molar-refractivity contribution < 1.29 is 19.4 Å². The van der Waals surface area contributed by atoms with Crippen LogP contribution in [0.25, 0.3) is 0 Å². The number of aryl methyl sites for hydroxylation is 2. The summed E-state index contributed by atoms with van der Waals surface area (Å²) >= 11 is 0. The van der Waals surface area contributed by atoms with E-state index >= 15 is 0 Å². The van der Waals surface area contributed by atoms with Crippen molar-refractivity contribution in [2.24, 2.45) is 5.41 Å². The molecule has 0 unspecified atom stereocenters. The summed E-state index contributed by atoms with van der Waals surface area (Å²) in [4.78, 5) is 29.4. The van der Waals surface area contributed by atoms with Gasteiger partial charge in [0.15, 0.2) is 0 Å². The van der Waals surface area contributed by atoms with E-state index in [-0.39, 0.29) is 17.6 Å². The molecule has 2 amide bonds. The van der Waals surface area contributed by atoms with Crippen LogP contribution in [0.15, 0.2) is 12.1 Å². The predicted octanol–water partition coefficient (Wildman–Crippen LogP) is 5.13. The number of likely N-dealkylation sites (tertiary alicyclic amines) is 1. The first kappa shape index (κ1) is 26.8. The lowest BCUT2D eigenvalue weighted by Crippen LogP contribution is -2.52. The van der Waals surface area contributed by atoms with E-state index in [1.165, 1.54) is 16.7 Å². The number of ether oxygens (including phenoxy) is 1. The summed E-state index contributed by atoms with van der Waals surface area (Å²) in [6.45, 7) is 12.6. The molecule has 2 heterocycles. The van der Waals surface area contributed by atoms with E-state index in [1.807, 2.05) is 18.7 Å². The fraction of sp³-hybridized carbons (Fsp3) is 0.724. The van der Waals surface area contributed by atoms with Crippen molar-refractivity contribution in [1.29, 1.82) is 0 Å². The van der Waals surface area contributed by atoms with Gasteiger partial charge in [-0.3, -0.25) is 9.69 Å². The fourth-order valence-electron chi connectivity index (χ4n) is 6.63. The Bertz CT molecular complexity index is 946. The lowest BCUT2D eigenvalue weighted by molar-refractivity contribution is -0.152. The first-order valence-electron chi connectivity index (χ1n) is 14.0. The smallest absolute Gasteiger partial charge is 0.318 e. The molecule has 0 aromatic heterocycles. The Morgan fingerprint density at radius 2 is 1.81 bits per heavy atom. The van der Waals surface area contributed by atoms with Crippen molar-refractivity contribution in [3.05, 3.63) is 28.8 Å². The molecule has 3 fully saturated rings. The largest absolute Gasteiger partial charge is 0.494 e. The zero-order valence-electron chi connectivity index (χ0n) is 22.7.